The zero-order valence-corrected chi connectivity index (χ0v) is 13.6. The van der Waals surface area contributed by atoms with Crippen molar-refractivity contribution < 1.29 is 19.5 Å². The van der Waals surface area contributed by atoms with Gasteiger partial charge in [0, 0.05) is 25.9 Å². The summed E-state index contributed by atoms with van der Waals surface area (Å²) in [6, 6.07) is 7.47. The van der Waals surface area contributed by atoms with Gasteiger partial charge in [0.25, 0.3) is 0 Å². The molecule has 1 aromatic carbocycles. The third-order valence-corrected chi connectivity index (χ3v) is 3.60. The first kappa shape index (κ1) is 18.7. The van der Waals surface area contributed by atoms with Crippen molar-refractivity contribution in [2.45, 2.75) is 39.2 Å². The van der Waals surface area contributed by atoms with E-state index in [0.29, 0.717) is 25.1 Å². The van der Waals surface area contributed by atoms with Crippen molar-refractivity contribution in [2.24, 2.45) is 0 Å². The molecule has 1 aromatic rings. The number of carboxylic acid groups (broad SMARTS) is 1. The van der Waals surface area contributed by atoms with Crippen LogP contribution in [0.15, 0.2) is 30.3 Å². The van der Waals surface area contributed by atoms with Gasteiger partial charge in [-0.15, -0.1) is 0 Å². The quantitative estimate of drug-likeness (QED) is 0.728. The Morgan fingerprint density at radius 3 is 2.22 bits per heavy atom. The summed E-state index contributed by atoms with van der Waals surface area (Å²) in [4.78, 5) is 36.8. The summed E-state index contributed by atoms with van der Waals surface area (Å²) in [7, 11) is 0. The fourth-order valence-corrected chi connectivity index (χ4v) is 2.30. The van der Waals surface area contributed by atoms with Crippen LogP contribution in [-0.4, -0.2) is 40.9 Å². The van der Waals surface area contributed by atoms with E-state index in [1.54, 1.807) is 35.2 Å². The molecule has 0 heterocycles. The number of carboxylic acids is 1. The molecular weight excluding hydrogens is 296 g/mol. The van der Waals surface area contributed by atoms with E-state index in [-0.39, 0.29) is 24.7 Å². The lowest BCUT2D eigenvalue weighted by Crippen LogP contribution is -2.34. The predicted octanol–water partition coefficient (Wildman–Crippen LogP) is 1.97. The van der Waals surface area contributed by atoms with E-state index in [0.717, 1.165) is 0 Å². The molecule has 0 aliphatic heterocycles. The maximum absolute atomic E-state index is 11.9. The Kier molecular flexibility index (Phi) is 7.80. The van der Waals surface area contributed by atoms with Crippen molar-refractivity contribution in [3.05, 3.63) is 35.9 Å². The molecule has 0 aliphatic carbocycles. The largest absolute Gasteiger partial charge is 0.479 e. The number of nitrogens with one attached hydrogen (secondary N) is 1. The van der Waals surface area contributed by atoms with E-state index in [1.165, 1.54) is 0 Å². The van der Waals surface area contributed by atoms with Crippen LogP contribution >= 0.6 is 0 Å². The second-order valence-electron chi connectivity index (χ2n) is 5.17. The van der Waals surface area contributed by atoms with Gasteiger partial charge in [-0.25, -0.2) is 4.79 Å². The first-order chi connectivity index (χ1) is 11.0. The molecule has 0 unspecified atom stereocenters. The van der Waals surface area contributed by atoms with Gasteiger partial charge < -0.3 is 15.3 Å². The molecule has 0 fully saturated rings. The van der Waals surface area contributed by atoms with Crippen LogP contribution in [0, 0.1) is 0 Å². The minimum atomic E-state index is -1.11. The van der Waals surface area contributed by atoms with E-state index < -0.39 is 12.0 Å². The average molecular weight is 320 g/mol. The maximum atomic E-state index is 11.9. The number of carbonyl (C=O) groups excluding carboxylic acids is 2. The summed E-state index contributed by atoms with van der Waals surface area (Å²) in [5.41, 5.74) is 0.521. The number of rotatable bonds is 9. The third kappa shape index (κ3) is 6.10. The van der Waals surface area contributed by atoms with Crippen LogP contribution in [0.5, 0.6) is 0 Å². The van der Waals surface area contributed by atoms with E-state index in [9.17, 15) is 19.5 Å². The summed E-state index contributed by atoms with van der Waals surface area (Å²) in [5.74, 6) is -1.46. The maximum Gasteiger partial charge on any atom is 0.330 e. The fraction of sp³-hybridized carbons (Fsp3) is 0.471. The Balaban J connectivity index is 2.48. The predicted molar refractivity (Wildman–Crippen MR) is 86.7 cm³/mol. The molecule has 0 aromatic heterocycles. The number of carbonyl (C=O) groups is 3. The van der Waals surface area contributed by atoms with Gasteiger partial charge in [-0.05, 0) is 25.8 Å². The Hall–Kier alpha value is -2.37. The molecule has 0 radical (unpaired) electrons. The molecule has 0 saturated heterocycles. The van der Waals surface area contributed by atoms with E-state index >= 15 is 0 Å². The Morgan fingerprint density at radius 2 is 1.70 bits per heavy atom. The molecule has 2 amide bonds. The van der Waals surface area contributed by atoms with Crippen molar-refractivity contribution >= 4 is 17.8 Å². The molecular formula is C17H24N2O4. The molecule has 6 nitrogen and oxygen atoms in total. The highest BCUT2D eigenvalue weighted by molar-refractivity contribution is 5.85. The van der Waals surface area contributed by atoms with Gasteiger partial charge in [-0.1, -0.05) is 30.3 Å². The van der Waals surface area contributed by atoms with Gasteiger partial charge in [0.1, 0.15) is 0 Å². The second-order valence-corrected chi connectivity index (χ2v) is 5.17. The minimum absolute atomic E-state index is 0.0145. The summed E-state index contributed by atoms with van der Waals surface area (Å²) >= 11 is 0. The lowest BCUT2D eigenvalue weighted by molar-refractivity contribution is -0.142. The molecule has 126 valence electrons. The van der Waals surface area contributed by atoms with Crippen LogP contribution in [-0.2, 0) is 14.4 Å². The van der Waals surface area contributed by atoms with Crippen molar-refractivity contribution in [3.8, 4) is 0 Å². The van der Waals surface area contributed by atoms with E-state index in [4.69, 9.17) is 0 Å². The number of nitrogens with zero attached hydrogens (tertiary/aromatic N) is 1. The first-order valence-corrected chi connectivity index (χ1v) is 7.84. The minimum Gasteiger partial charge on any atom is -0.479 e. The zero-order chi connectivity index (χ0) is 17.2. The van der Waals surface area contributed by atoms with Crippen LogP contribution in [0.2, 0.25) is 0 Å². The van der Waals surface area contributed by atoms with E-state index in [2.05, 4.69) is 5.32 Å². The van der Waals surface area contributed by atoms with Gasteiger partial charge in [-0.2, -0.15) is 0 Å². The lowest BCUT2D eigenvalue weighted by Gasteiger charge is -2.18. The first-order valence-electron chi connectivity index (χ1n) is 7.84. The standard InChI is InChI=1S/C17H24N2O4/c1-3-19(4-2)15(21)12-8-11-14(20)18-16(17(22)23)13-9-6-5-7-10-13/h5-7,9-10,16H,3-4,8,11-12H2,1-2H3,(H,18,20)(H,22,23)/t16-/m0/s1. The normalized spacial score (nSPS) is 11.6. The average Bonchev–Trinajstić information content (AvgIpc) is 2.54. The molecule has 6 heteroatoms. The van der Waals surface area contributed by atoms with Gasteiger partial charge in [0.05, 0.1) is 0 Å². The third-order valence-electron chi connectivity index (χ3n) is 3.60. The smallest absolute Gasteiger partial charge is 0.330 e. The van der Waals surface area contributed by atoms with Crippen LogP contribution in [0.25, 0.3) is 0 Å². The van der Waals surface area contributed by atoms with Crippen LogP contribution in [0.3, 0.4) is 0 Å². The number of aliphatic carboxylic acids is 1. The Bertz CT molecular complexity index is 527. The highest BCUT2D eigenvalue weighted by Crippen LogP contribution is 2.13. The molecule has 2 N–H and O–H groups in total. The van der Waals surface area contributed by atoms with E-state index in [1.807, 2.05) is 13.8 Å². The van der Waals surface area contributed by atoms with Crippen LogP contribution < -0.4 is 5.32 Å². The topological polar surface area (TPSA) is 86.7 Å². The zero-order valence-electron chi connectivity index (χ0n) is 13.6. The van der Waals surface area contributed by atoms with Gasteiger partial charge in [0.2, 0.25) is 11.8 Å². The fourth-order valence-electron chi connectivity index (χ4n) is 2.30. The van der Waals surface area contributed by atoms with Crippen LogP contribution in [0.4, 0.5) is 0 Å². The summed E-state index contributed by atoms with van der Waals surface area (Å²) in [5, 5.41) is 11.8. The summed E-state index contributed by atoms with van der Waals surface area (Å²) < 4.78 is 0. The molecule has 0 spiro atoms. The second kappa shape index (κ2) is 9.61. The molecule has 0 aliphatic rings. The summed E-state index contributed by atoms with van der Waals surface area (Å²) in [6.45, 7) is 5.12. The van der Waals surface area contributed by atoms with Crippen molar-refractivity contribution in [2.75, 3.05) is 13.1 Å². The monoisotopic (exact) mass is 320 g/mol. The Labute approximate surface area is 136 Å². The van der Waals surface area contributed by atoms with Gasteiger partial charge in [0.15, 0.2) is 6.04 Å². The number of hydrogen-bond acceptors (Lipinski definition) is 3. The number of benzene rings is 1. The molecule has 1 rings (SSSR count). The highest BCUT2D eigenvalue weighted by atomic mass is 16.4. The lowest BCUT2D eigenvalue weighted by atomic mass is 10.1. The van der Waals surface area contributed by atoms with Crippen molar-refractivity contribution in [1.29, 1.82) is 0 Å². The van der Waals surface area contributed by atoms with Crippen molar-refractivity contribution in [1.82, 2.24) is 10.2 Å². The molecule has 0 saturated carbocycles. The highest BCUT2D eigenvalue weighted by Gasteiger charge is 2.21. The molecule has 23 heavy (non-hydrogen) atoms. The molecule has 1 atom stereocenters. The van der Waals surface area contributed by atoms with Crippen molar-refractivity contribution in [3.63, 3.8) is 0 Å². The number of hydrogen-bond donors (Lipinski definition) is 2. The Morgan fingerprint density at radius 1 is 1.09 bits per heavy atom. The van der Waals surface area contributed by atoms with Crippen LogP contribution in [0.1, 0.15) is 44.7 Å². The molecule has 0 bridgehead atoms. The number of amides is 2. The summed E-state index contributed by atoms with van der Waals surface area (Å²) in [6.07, 6.45) is 0.824. The SMILES string of the molecule is CCN(CC)C(=O)CCCC(=O)N[C@H](C(=O)O)c1ccccc1. The van der Waals surface area contributed by atoms with Gasteiger partial charge in [-0.3, -0.25) is 9.59 Å². The van der Waals surface area contributed by atoms with Gasteiger partial charge >= 0.3 is 5.97 Å².